The molecular weight excluding hydrogens is 290 g/mol. The third-order valence-electron chi connectivity index (χ3n) is 3.31. The van der Waals surface area contributed by atoms with Gasteiger partial charge >= 0.3 is 0 Å². The van der Waals surface area contributed by atoms with Crippen LogP contribution < -0.4 is 4.80 Å². The van der Waals surface area contributed by atoms with Crippen LogP contribution >= 0.6 is 11.5 Å². The molecule has 0 aliphatic rings. The summed E-state index contributed by atoms with van der Waals surface area (Å²) in [6, 6.07) is 18.8. The summed E-state index contributed by atoms with van der Waals surface area (Å²) in [6.45, 7) is 5.05. The van der Waals surface area contributed by atoms with Gasteiger partial charge < -0.3 is 0 Å². The smallest absolute Gasteiger partial charge is 0.223 e. The van der Waals surface area contributed by atoms with Crippen LogP contribution in [0.5, 0.6) is 0 Å². The van der Waals surface area contributed by atoms with E-state index in [4.69, 9.17) is 4.98 Å². The van der Waals surface area contributed by atoms with E-state index in [0.29, 0.717) is 0 Å². The number of aromatic nitrogens is 2. The molecule has 2 aromatic carbocycles. The van der Waals surface area contributed by atoms with Gasteiger partial charge in [0.2, 0.25) is 4.80 Å². The predicted molar refractivity (Wildman–Crippen MR) is 92.3 cm³/mol. The number of benzene rings is 2. The maximum atomic E-state index is 4.74. The van der Waals surface area contributed by atoms with Crippen molar-refractivity contribution in [3.63, 3.8) is 0 Å². The molecule has 1 heterocycles. The molecule has 3 aromatic rings. The molecule has 3 nitrogen and oxygen atoms in total. The molecule has 0 spiro atoms. The Kier molecular flexibility index (Phi) is 4.49. The third kappa shape index (κ3) is 3.17. The second-order valence-corrected chi connectivity index (χ2v) is 6.10. The molecule has 0 aliphatic heterocycles. The van der Waals surface area contributed by atoms with E-state index in [0.717, 1.165) is 34.8 Å². The Hall–Kier alpha value is -2.20. The minimum atomic E-state index is 0.815. The number of hydrogen-bond acceptors (Lipinski definition) is 3. The molecule has 0 atom stereocenters. The lowest BCUT2D eigenvalue weighted by molar-refractivity contribution is 0.898. The summed E-state index contributed by atoms with van der Waals surface area (Å²) in [5.41, 5.74) is 3.48. The summed E-state index contributed by atoms with van der Waals surface area (Å²) < 4.78 is 2.16. The minimum Gasteiger partial charge on any atom is -0.256 e. The Bertz CT molecular complexity index is 816. The van der Waals surface area contributed by atoms with Gasteiger partial charge in [-0.25, -0.2) is 3.96 Å². The van der Waals surface area contributed by atoms with E-state index in [1.165, 1.54) is 5.56 Å². The molecule has 0 amide bonds. The summed E-state index contributed by atoms with van der Waals surface area (Å²) in [4.78, 5) is 10.1. The van der Waals surface area contributed by atoms with E-state index < -0.39 is 0 Å². The molecule has 0 aliphatic carbocycles. The van der Waals surface area contributed by atoms with Crippen molar-refractivity contribution in [2.45, 2.75) is 20.3 Å². The van der Waals surface area contributed by atoms with Crippen molar-refractivity contribution in [3.8, 4) is 17.1 Å². The second kappa shape index (κ2) is 6.71. The Morgan fingerprint density at radius 3 is 2.64 bits per heavy atom. The van der Waals surface area contributed by atoms with Gasteiger partial charge in [-0.15, -0.1) is 0 Å². The maximum absolute atomic E-state index is 4.74. The first-order valence-electron chi connectivity index (χ1n) is 7.51. The second-order valence-electron chi connectivity index (χ2n) is 5.19. The standard InChI is InChI=1S/C18H19N3S/c1-3-12-19-18-20-17(15-9-5-4-6-10-15)21(22-18)16-11-7-8-14(2)13-16/h4-11,13H,3,12H2,1-2H3. The van der Waals surface area contributed by atoms with Crippen LogP contribution in [-0.2, 0) is 0 Å². The molecule has 0 saturated heterocycles. The molecule has 0 N–H and O–H groups in total. The van der Waals surface area contributed by atoms with Gasteiger partial charge in [-0.3, -0.25) is 4.99 Å². The van der Waals surface area contributed by atoms with E-state index in [2.05, 4.69) is 59.2 Å². The fourth-order valence-electron chi connectivity index (χ4n) is 2.25. The quantitative estimate of drug-likeness (QED) is 0.709. The molecule has 22 heavy (non-hydrogen) atoms. The third-order valence-corrected chi connectivity index (χ3v) is 4.26. The van der Waals surface area contributed by atoms with Crippen LogP contribution in [0.4, 0.5) is 0 Å². The van der Waals surface area contributed by atoms with E-state index in [1.807, 2.05) is 18.2 Å². The lowest BCUT2D eigenvalue weighted by atomic mass is 10.2. The van der Waals surface area contributed by atoms with Crippen molar-refractivity contribution in [1.82, 2.24) is 8.94 Å². The molecular formula is C18H19N3S. The van der Waals surface area contributed by atoms with E-state index in [1.54, 1.807) is 11.5 Å². The Labute approximate surface area is 134 Å². The molecule has 112 valence electrons. The maximum Gasteiger partial charge on any atom is 0.223 e. The molecule has 0 radical (unpaired) electrons. The number of aryl methyl sites for hydroxylation is 1. The Balaban J connectivity index is 2.17. The van der Waals surface area contributed by atoms with Crippen molar-refractivity contribution in [1.29, 1.82) is 0 Å². The predicted octanol–water partition coefficient (Wildman–Crippen LogP) is 4.22. The van der Waals surface area contributed by atoms with Gasteiger partial charge in [-0.2, -0.15) is 4.98 Å². The highest BCUT2D eigenvalue weighted by atomic mass is 32.1. The summed E-state index contributed by atoms with van der Waals surface area (Å²) in [7, 11) is 0. The highest BCUT2D eigenvalue weighted by Crippen LogP contribution is 2.22. The normalized spacial score (nSPS) is 11.8. The summed E-state index contributed by atoms with van der Waals surface area (Å²) in [5, 5.41) is 0. The van der Waals surface area contributed by atoms with Crippen LogP contribution in [0.3, 0.4) is 0 Å². The van der Waals surface area contributed by atoms with Crippen LogP contribution in [0, 0.1) is 6.92 Å². The molecule has 0 fully saturated rings. The number of rotatable bonds is 4. The van der Waals surface area contributed by atoms with E-state index >= 15 is 0 Å². The first kappa shape index (κ1) is 14.7. The van der Waals surface area contributed by atoms with Crippen molar-refractivity contribution in [2.75, 3.05) is 6.54 Å². The van der Waals surface area contributed by atoms with Gasteiger partial charge in [0.1, 0.15) is 0 Å². The van der Waals surface area contributed by atoms with Crippen LogP contribution in [0.15, 0.2) is 59.6 Å². The van der Waals surface area contributed by atoms with Crippen molar-refractivity contribution in [3.05, 3.63) is 65.0 Å². The zero-order valence-electron chi connectivity index (χ0n) is 12.9. The van der Waals surface area contributed by atoms with Crippen molar-refractivity contribution < 1.29 is 0 Å². The summed E-state index contributed by atoms with van der Waals surface area (Å²) in [6.07, 6.45) is 1.03. The minimum absolute atomic E-state index is 0.815. The molecule has 0 bridgehead atoms. The molecule has 0 unspecified atom stereocenters. The average Bonchev–Trinajstić information content (AvgIpc) is 2.98. The monoisotopic (exact) mass is 309 g/mol. The fourth-order valence-corrected chi connectivity index (χ4v) is 3.14. The van der Waals surface area contributed by atoms with Crippen molar-refractivity contribution >= 4 is 11.5 Å². The van der Waals surface area contributed by atoms with Crippen LogP contribution in [0.1, 0.15) is 18.9 Å². The van der Waals surface area contributed by atoms with Crippen molar-refractivity contribution in [2.24, 2.45) is 4.99 Å². The topological polar surface area (TPSA) is 30.2 Å². The summed E-state index contributed by atoms with van der Waals surface area (Å²) >= 11 is 1.59. The van der Waals surface area contributed by atoms with Crippen LogP contribution in [0.25, 0.3) is 17.1 Å². The largest absolute Gasteiger partial charge is 0.256 e. The van der Waals surface area contributed by atoms with Gasteiger partial charge in [0.05, 0.1) is 5.69 Å². The first-order valence-corrected chi connectivity index (χ1v) is 8.28. The van der Waals surface area contributed by atoms with Gasteiger partial charge in [0, 0.05) is 12.1 Å². The SMILES string of the molecule is CCCN=c1nc(-c2ccccc2)n(-c2cccc(C)c2)s1. The lowest BCUT2D eigenvalue weighted by Gasteiger charge is -2.06. The average molecular weight is 309 g/mol. The Morgan fingerprint density at radius 1 is 1.09 bits per heavy atom. The number of hydrogen-bond donors (Lipinski definition) is 0. The molecule has 0 saturated carbocycles. The zero-order chi connectivity index (χ0) is 15.4. The Morgan fingerprint density at radius 2 is 1.91 bits per heavy atom. The van der Waals surface area contributed by atoms with Crippen LogP contribution in [0.2, 0.25) is 0 Å². The van der Waals surface area contributed by atoms with Gasteiger partial charge in [0.25, 0.3) is 0 Å². The number of nitrogens with zero attached hydrogens (tertiary/aromatic N) is 3. The van der Waals surface area contributed by atoms with E-state index in [-0.39, 0.29) is 0 Å². The van der Waals surface area contributed by atoms with Gasteiger partial charge in [-0.05, 0) is 42.6 Å². The molecule has 3 rings (SSSR count). The highest BCUT2D eigenvalue weighted by Gasteiger charge is 2.10. The lowest BCUT2D eigenvalue weighted by Crippen LogP contribution is -1.99. The van der Waals surface area contributed by atoms with Gasteiger partial charge in [0.15, 0.2) is 5.82 Å². The van der Waals surface area contributed by atoms with E-state index in [9.17, 15) is 0 Å². The highest BCUT2D eigenvalue weighted by molar-refractivity contribution is 7.04. The zero-order valence-corrected chi connectivity index (χ0v) is 13.7. The molecule has 4 heteroatoms. The first-order chi connectivity index (χ1) is 10.8. The summed E-state index contributed by atoms with van der Waals surface area (Å²) in [5.74, 6) is 0.950. The fraction of sp³-hybridized carbons (Fsp3) is 0.222. The molecule has 1 aromatic heterocycles. The van der Waals surface area contributed by atoms with Gasteiger partial charge in [-0.1, -0.05) is 49.4 Å². The van der Waals surface area contributed by atoms with Crippen LogP contribution in [-0.4, -0.2) is 15.5 Å².